The fourth-order valence-corrected chi connectivity index (χ4v) is 3.31. The first-order chi connectivity index (χ1) is 9.74. The highest BCUT2D eigenvalue weighted by Gasteiger charge is 2.39. The van der Waals surface area contributed by atoms with Crippen molar-refractivity contribution in [2.45, 2.75) is 44.2 Å². The van der Waals surface area contributed by atoms with Crippen molar-refractivity contribution in [3.8, 4) is 0 Å². The Morgan fingerprint density at radius 1 is 1.20 bits per heavy atom. The normalized spacial score (nSPS) is 25.2. The van der Waals surface area contributed by atoms with Gasteiger partial charge < -0.3 is 10.2 Å². The number of fused-ring (bicyclic) bond motifs is 2. The van der Waals surface area contributed by atoms with Crippen LogP contribution in [-0.4, -0.2) is 35.3 Å². The predicted octanol–water partition coefficient (Wildman–Crippen LogP) is 1.50. The number of hydrogen-bond acceptors (Lipinski definition) is 2. The lowest BCUT2D eigenvalue weighted by molar-refractivity contribution is -0.133. The summed E-state index contributed by atoms with van der Waals surface area (Å²) < 4.78 is 0. The molecular formula is C16H20N2O2. The molecule has 3 rings (SSSR count). The number of nitrogens with zero attached hydrogens (tertiary/aromatic N) is 1. The molecule has 106 valence electrons. The summed E-state index contributed by atoms with van der Waals surface area (Å²) in [6.45, 7) is 0.617. The molecule has 2 heterocycles. The Balaban J connectivity index is 1.63. The first-order valence-electron chi connectivity index (χ1n) is 7.36. The van der Waals surface area contributed by atoms with E-state index >= 15 is 0 Å². The maximum Gasteiger partial charge on any atom is 0.223 e. The van der Waals surface area contributed by atoms with Crippen LogP contribution in [0.2, 0.25) is 0 Å². The van der Waals surface area contributed by atoms with Gasteiger partial charge in [0.1, 0.15) is 0 Å². The van der Waals surface area contributed by atoms with Gasteiger partial charge >= 0.3 is 0 Å². The second kappa shape index (κ2) is 5.65. The number of benzene rings is 1. The predicted molar refractivity (Wildman–Crippen MR) is 76.0 cm³/mol. The van der Waals surface area contributed by atoms with Crippen LogP contribution in [0, 0.1) is 0 Å². The van der Waals surface area contributed by atoms with Crippen molar-refractivity contribution < 1.29 is 9.59 Å². The van der Waals surface area contributed by atoms with Gasteiger partial charge in [-0.3, -0.25) is 9.59 Å². The molecule has 1 N–H and O–H groups in total. The maximum atomic E-state index is 12.5. The topological polar surface area (TPSA) is 49.4 Å². The van der Waals surface area contributed by atoms with Gasteiger partial charge in [-0.1, -0.05) is 30.3 Å². The van der Waals surface area contributed by atoms with E-state index in [-0.39, 0.29) is 23.9 Å². The maximum absolute atomic E-state index is 12.5. The summed E-state index contributed by atoms with van der Waals surface area (Å²) in [5, 5.41) is 2.90. The Labute approximate surface area is 119 Å². The van der Waals surface area contributed by atoms with E-state index in [2.05, 4.69) is 17.4 Å². The average Bonchev–Trinajstić information content (AvgIpc) is 2.77. The lowest BCUT2D eigenvalue weighted by Gasteiger charge is -2.27. The van der Waals surface area contributed by atoms with Gasteiger partial charge in [0.05, 0.1) is 0 Å². The molecule has 0 aliphatic carbocycles. The molecule has 20 heavy (non-hydrogen) atoms. The van der Waals surface area contributed by atoms with Gasteiger partial charge in [-0.15, -0.1) is 0 Å². The summed E-state index contributed by atoms with van der Waals surface area (Å²) in [6.07, 6.45) is 3.76. The number of carbonyl (C=O) groups excluding carboxylic acids is 2. The van der Waals surface area contributed by atoms with Gasteiger partial charge in [0.25, 0.3) is 0 Å². The van der Waals surface area contributed by atoms with Crippen molar-refractivity contribution in [1.29, 1.82) is 0 Å². The molecule has 2 bridgehead atoms. The number of carbonyl (C=O) groups is 2. The summed E-state index contributed by atoms with van der Waals surface area (Å²) in [6, 6.07) is 10.4. The Hall–Kier alpha value is -1.84. The highest BCUT2D eigenvalue weighted by molar-refractivity contribution is 5.81. The van der Waals surface area contributed by atoms with Gasteiger partial charge in [-0.25, -0.2) is 0 Å². The van der Waals surface area contributed by atoms with Gasteiger partial charge in [0.15, 0.2) is 0 Å². The summed E-state index contributed by atoms with van der Waals surface area (Å²) in [7, 11) is 0. The van der Waals surface area contributed by atoms with Gasteiger partial charge in [-0.05, 0) is 24.8 Å². The smallest absolute Gasteiger partial charge is 0.223 e. The molecule has 2 saturated heterocycles. The number of nitrogens with one attached hydrogen (secondary N) is 1. The lowest BCUT2D eigenvalue weighted by atomic mass is 10.1. The van der Waals surface area contributed by atoms with Gasteiger partial charge in [0.2, 0.25) is 11.8 Å². The highest BCUT2D eigenvalue weighted by Crippen LogP contribution is 2.29. The minimum Gasteiger partial charge on any atom is -0.354 e. The zero-order chi connectivity index (χ0) is 13.9. The van der Waals surface area contributed by atoms with Crippen molar-refractivity contribution in [2.75, 3.05) is 6.54 Å². The first-order valence-corrected chi connectivity index (χ1v) is 7.36. The van der Waals surface area contributed by atoms with Crippen LogP contribution in [0.3, 0.4) is 0 Å². The summed E-state index contributed by atoms with van der Waals surface area (Å²) in [5.74, 6) is 0.274. The molecule has 2 aliphatic rings. The van der Waals surface area contributed by atoms with Crippen molar-refractivity contribution in [3.05, 3.63) is 35.9 Å². The molecule has 4 heteroatoms. The number of rotatable bonds is 3. The molecule has 1 aromatic carbocycles. The molecular weight excluding hydrogens is 252 g/mol. The van der Waals surface area contributed by atoms with Crippen LogP contribution in [0.1, 0.15) is 31.2 Å². The largest absolute Gasteiger partial charge is 0.354 e. The quantitative estimate of drug-likeness (QED) is 0.906. The van der Waals surface area contributed by atoms with E-state index in [1.807, 2.05) is 23.1 Å². The fraction of sp³-hybridized carbons (Fsp3) is 0.500. The average molecular weight is 272 g/mol. The molecule has 0 aromatic heterocycles. The molecule has 0 unspecified atom stereocenters. The van der Waals surface area contributed by atoms with E-state index < -0.39 is 0 Å². The molecule has 1 aromatic rings. The summed E-state index contributed by atoms with van der Waals surface area (Å²) >= 11 is 0. The lowest BCUT2D eigenvalue weighted by Crippen LogP contribution is -2.42. The molecule has 2 fully saturated rings. The van der Waals surface area contributed by atoms with Crippen molar-refractivity contribution >= 4 is 11.8 Å². The third kappa shape index (κ3) is 2.69. The van der Waals surface area contributed by atoms with Gasteiger partial charge in [0, 0.05) is 31.5 Å². The number of hydrogen-bond donors (Lipinski definition) is 1. The zero-order valence-electron chi connectivity index (χ0n) is 11.5. The van der Waals surface area contributed by atoms with E-state index in [9.17, 15) is 9.59 Å². The van der Waals surface area contributed by atoms with Crippen LogP contribution in [0.25, 0.3) is 0 Å². The third-order valence-electron chi connectivity index (χ3n) is 4.33. The van der Waals surface area contributed by atoms with E-state index in [4.69, 9.17) is 0 Å². The molecule has 2 amide bonds. The first kappa shape index (κ1) is 13.2. The minimum atomic E-state index is 0.0815. The monoisotopic (exact) mass is 272 g/mol. The molecule has 2 atom stereocenters. The van der Waals surface area contributed by atoms with Crippen LogP contribution in [0.15, 0.2) is 30.3 Å². The Bertz CT molecular complexity index is 500. The minimum absolute atomic E-state index is 0.0815. The second-order valence-corrected chi connectivity index (χ2v) is 5.68. The highest BCUT2D eigenvalue weighted by atomic mass is 16.2. The van der Waals surface area contributed by atoms with E-state index in [0.29, 0.717) is 19.4 Å². The van der Waals surface area contributed by atoms with Crippen molar-refractivity contribution in [2.24, 2.45) is 0 Å². The van der Waals surface area contributed by atoms with Crippen molar-refractivity contribution in [1.82, 2.24) is 10.2 Å². The van der Waals surface area contributed by atoms with Gasteiger partial charge in [-0.2, -0.15) is 0 Å². The fourth-order valence-electron chi connectivity index (χ4n) is 3.31. The molecule has 4 nitrogen and oxygen atoms in total. The van der Waals surface area contributed by atoms with Crippen molar-refractivity contribution in [3.63, 3.8) is 0 Å². The molecule has 2 aliphatic heterocycles. The van der Waals surface area contributed by atoms with Crippen LogP contribution in [0.4, 0.5) is 0 Å². The van der Waals surface area contributed by atoms with Crippen LogP contribution >= 0.6 is 0 Å². The van der Waals surface area contributed by atoms with Crippen LogP contribution < -0.4 is 5.32 Å². The molecule has 0 saturated carbocycles. The second-order valence-electron chi connectivity index (χ2n) is 5.68. The Morgan fingerprint density at radius 3 is 2.75 bits per heavy atom. The zero-order valence-corrected chi connectivity index (χ0v) is 11.5. The van der Waals surface area contributed by atoms with Crippen LogP contribution in [-0.2, 0) is 16.0 Å². The summed E-state index contributed by atoms with van der Waals surface area (Å²) in [4.78, 5) is 26.0. The Morgan fingerprint density at radius 2 is 1.95 bits per heavy atom. The van der Waals surface area contributed by atoms with E-state index in [1.165, 1.54) is 5.56 Å². The standard InChI is InChI=1S/C16H20N2O2/c19-15-10-13-7-8-14(11-17-15)18(13)16(20)9-6-12-4-2-1-3-5-12/h1-5,13-14H,6-11H2,(H,17,19)/t13-,14+/m1/s1. The SMILES string of the molecule is O=C1C[C@H]2CC[C@@H](CN1)N2C(=O)CCc1ccccc1. The molecule has 0 radical (unpaired) electrons. The van der Waals surface area contributed by atoms with Crippen LogP contribution in [0.5, 0.6) is 0 Å². The van der Waals surface area contributed by atoms with E-state index in [1.54, 1.807) is 0 Å². The number of amides is 2. The third-order valence-corrected chi connectivity index (χ3v) is 4.33. The number of aryl methyl sites for hydroxylation is 1. The Kier molecular flexibility index (Phi) is 3.72. The molecule has 0 spiro atoms. The van der Waals surface area contributed by atoms with E-state index in [0.717, 1.165) is 19.3 Å². The summed E-state index contributed by atoms with van der Waals surface area (Å²) in [5.41, 5.74) is 1.19.